The second-order valence-electron chi connectivity index (χ2n) is 3.71. The maximum absolute atomic E-state index is 11.7. The lowest BCUT2D eigenvalue weighted by molar-refractivity contribution is 0.0233. The van der Waals surface area contributed by atoms with Gasteiger partial charge in [-0.1, -0.05) is 30.3 Å². The molecule has 0 aliphatic rings. The van der Waals surface area contributed by atoms with E-state index in [9.17, 15) is 4.79 Å². The van der Waals surface area contributed by atoms with Crippen LogP contribution in [-0.4, -0.2) is 5.91 Å². The molecule has 0 aliphatic carbocycles. The summed E-state index contributed by atoms with van der Waals surface area (Å²) in [5.74, 6) is -0.235. The van der Waals surface area contributed by atoms with E-state index >= 15 is 0 Å². The second kappa shape index (κ2) is 6.51. The number of hydroxylamine groups is 1. The Hall–Kier alpha value is -1.40. The van der Waals surface area contributed by atoms with Crippen molar-refractivity contribution < 1.29 is 9.63 Å². The molecule has 0 aliphatic heterocycles. The van der Waals surface area contributed by atoms with Gasteiger partial charge in [-0.2, -0.15) is 0 Å². The highest BCUT2D eigenvalue weighted by atomic mass is 127. The van der Waals surface area contributed by atoms with E-state index in [0.717, 1.165) is 5.56 Å². The lowest BCUT2D eigenvalue weighted by atomic mass is 10.2. The van der Waals surface area contributed by atoms with Crippen molar-refractivity contribution in [2.45, 2.75) is 6.61 Å². The Morgan fingerprint density at radius 2 is 1.72 bits per heavy atom. The second-order valence-corrected chi connectivity index (χ2v) is 4.96. The van der Waals surface area contributed by atoms with Crippen LogP contribution in [0, 0.1) is 3.57 Å². The van der Waals surface area contributed by atoms with E-state index < -0.39 is 0 Å². The number of amides is 1. The Morgan fingerprint density at radius 1 is 1.06 bits per heavy atom. The van der Waals surface area contributed by atoms with Crippen LogP contribution in [0.15, 0.2) is 54.6 Å². The zero-order chi connectivity index (χ0) is 12.8. The summed E-state index contributed by atoms with van der Waals surface area (Å²) in [6, 6.07) is 16.9. The van der Waals surface area contributed by atoms with Crippen molar-refractivity contribution in [2.75, 3.05) is 0 Å². The predicted octanol–water partition coefficient (Wildman–Crippen LogP) is 3.15. The van der Waals surface area contributed by atoms with Gasteiger partial charge in [0.1, 0.15) is 0 Å². The van der Waals surface area contributed by atoms with Gasteiger partial charge in [-0.05, 0) is 52.4 Å². The summed E-state index contributed by atoms with van der Waals surface area (Å²) in [4.78, 5) is 16.8. The molecule has 0 atom stereocenters. The molecule has 1 amide bonds. The molecule has 0 spiro atoms. The molecule has 18 heavy (non-hydrogen) atoms. The molecule has 0 fully saturated rings. The number of carbonyl (C=O) groups excluding carboxylic acids is 1. The van der Waals surface area contributed by atoms with E-state index in [0.29, 0.717) is 12.2 Å². The van der Waals surface area contributed by atoms with Crippen molar-refractivity contribution in [2.24, 2.45) is 0 Å². The molecule has 0 radical (unpaired) electrons. The van der Waals surface area contributed by atoms with Crippen LogP contribution in [0.3, 0.4) is 0 Å². The van der Waals surface area contributed by atoms with Gasteiger partial charge in [-0.25, -0.2) is 5.48 Å². The zero-order valence-electron chi connectivity index (χ0n) is 9.60. The molecule has 2 aromatic rings. The van der Waals surface area contributed by atoms with Gasteiger partial charge in [-0.15, -0.1) is 0 Å². The molecule has 3 nitrogen and oxygen atoms in total. The molecule has 0 heterocycles. The van der Waals surface area contributed by atoms with Gasteiger partial charge in [0, 0.05) is 9.13 Å². The first-order valence-electron chi connectivity index (χ1n) is 5.47. The molecular weight excluding hydrogens is 341 g/mol. The quantitative estimate of drug-likeness (QED) is 0.678. The monoisotopic (exact) mass is 353 g/mol. The smallest absolute Gasteiger partial charge is 0.269 e. The predicted molar refractivity (Wildman–Crippen MR) is 77.9 cm³/mol. The maximum atomic E-state index is 11.7. The standard InChI is InChI=1S/C14H12INO2/c15-13-8-6-11(7-9-13)10-18-16-14(17)12-4-2-1-3-5-12/h1-9H,10H2,(H,16,17). The van der Waals surface area contributed by atoms with Crippen LogP contribution < -0.4 is 5.48 Å². The third-order valence-corrected chi connectivity index (χ3v) is 3.07. The molecule has 2 aromatic carbocycles. The van der Waals surface area contributed by atoms with Crippen molar-refractivity contribution in [3.05, 3.63) is 69.3 Å². The van der Waals surface area contributed by atoms with Gasteiger partial charge in [0.2, 0.25) is 0 Å². The van der Waals surface area contributed by atoms with Crippen LogP contribution in [0.5, 0.6) is 0 Å². The van der Waals surface area contributed by atoms with Crippen LogP contribution in [0.4, 0.5) is 0 Å². The first kappa shape index (κ1) is 13.0. The summed E-state index contributed by atoms with van der Waals surface area (Å²) in [7, 11) is 0. The van der Waals surface area contributed by atoms with Crippen molar-refractivity contribution in [1.82, 2.24) is 5.48 Å². The van der Waals surface area contributed by atoms with E-state index in [2.05, 4.69) is 28.1 Å². The lowest BCUT2D eigenvalue weighted by Gasteiger charge is -2.06. The van der Waals surface area contributed by atoms with Gasteiger partial charge in [0.05, 0.1) is 6.61 Å². The highest BCUT2D eigenvalue weighted by molar-refractivity contribution is 14.1. The van der Waals surface area contributed by atoms with Crippen molar-refractivity contribution >= 4 is 28.5 Å². The van der Waals surface area contributed by atoms with Gasteiger partial charge in [0.15, 0.2) is 0 Å². The Morgan fingerprint density at radius 3 is 2.39 bits per heavy atom. The van der Waals surface area contributed by atoms with Gasteiger partial charge >= 0.3 is 0 Å². The molecule has 92 valence electrons. The molecule has 1 N–H and O–H groups in total. The topological polar surface area (TPSA) is 38.3 Å². The third kappa shape index (κ3) is 3.82. The van der Waals surface area contributed by atoms with Crippen molar-refractivity contribution in [3.63, 3.8) is 0 Å². The van der Waals surface area contributed by atoms with Crippen molar-refractivity contribution in [3.8, 4) is 0 Å². The largest absolute Gasteiger partial charge is 0.274 e. The van der Waals surface area contributed by atoms with Crippen LogP contribution in [0.2, 0.25) is 0 Å². The lowest BCUT2D eigenvalue weighted by Crippen LogP contribution is -2.23. The third-order valence-electron chi connectivity index (χ3n) is 2.35. The minimum atomic E-state index is -0.235. The van der Waals surface area contributed by atoms with E-state index in [1.807, 2.05) is 42.5 Å². The molecule has 0 unspecified atom stereocenters. The van der Waals surface area contributed by atoms with E-state index in [-0.39, 0.29) is 5.91 Å². The highest BCUT2D eigenvalue weighted by Gasteiger charge is 2.03. The molecule has 0 saturated carbocycles. The summed E-state index contributed by atoms with van der Waals surface area (Å²) in [6.45, 7) is 0.357. The minimum Gasteiger partial charge on any atom is -0.269 e. The van der Waals surface area contributed by atoms with Crippen molar-refractivity contribution in [1.29, 1.82) is 0 Å². The average molecular weight is 353 g/mol. The molecule has 0 bridgehead atoms. The highest BCUT2D eigenvalue weighted by Crippen LogP contribution is 2.07. The Kier molecular flexibility index (Phi) is 4.72. The SMILES string of the molecule is O=C(NOCc1ccc(I)cc1)c1ccccc1. The summed E-state index contributed by atoms with van der Waals surface area (Å²) >= 11 is 2.24. The number of carbonyl (C=O) groups is 1. The number of hydrogen-bond acceptors (Lipinski definition) is 2. The first-order valence-corrected chi connectivity index (χ1v) is 6.55. The van der Waals surface area contributed by atoms with Gasteiger partial charge in [-0.3, -0.25) is 9.63 Å². The molecule has 2 rings (SSSR count). The minimum absolute atomic E-state index is 0.235. The van der Waals surface area contributed by atoms with Crippen LogP contribution in [0.1, 0.15) is 15.9 Å². The Labute approximate surface area is 119 Å². The van der Waals surface area contributed by atoms with E-state index in [1.54, 1.807) is 12.1 Å². The normalized spacial score (nSPS) is 10.1. The van der Waals surface area contributed by atoms with Crippen LogP contribution in [0.25, 0.3) is 0 Å². The van der Waals surface area contributed by atoms with Gasteiger partial charge in [0.25, 0.3) is 5.91 Å². The molecule has 0 aromatic heterocycles. The zero-order valence-corrected chi connectivity index (χ0v) is 11.8. The fourth-order valence-electron chi connectivity index (χ4n) is 1.41. The first-order chi connectivity index (χ1) is 8.75. The Balaban J connectivity index is 1.82. The number of hydrogen-bond donors (Lipinski definition) is 1. The Bertz CT molecular complexity index is 511. The summed E-state index contributed by atoms with van der Waals surface area (Å²) < 4.78 is 1.17. The van der Waals surface area contributed by atoms with Crippen LogP contribution in [-0.2, 0) is 11.4 Å². The fraction of sp³-hybridized carbons (Fsp3) is 0.0714. The van der Waals surface area contributed by atoms with Crippen LogP contribution >= 0.6 is 22.6 Å². The summed E-state index contributed by atoms with van der Waals surface area (Å²) in [5.41, 5.74) is 4.02. The number of nitrogens with one attached hydrogen (secondary N) is 1. The molecule has 4 heteroatoms. The fourth-order valence-corrected chi connectivity index (χ4v) is 1.77. The number of benzene rings is 2. The average Bonchev–Trinajstić information content (AvgIpc) is 2.42. The molecular formula is C14H12INO2. The number of rotatable bonds is 4. The summed E-state index contributed by atoms with van der Waals surface area (Å²) in [5, 5.41) is 0. The number of halogens is 1. The van der Waals surface area contributed by atoms with E-state index in [4.69, 9.17) is 4.84 Å². The molecule has 0 saturated heterocycles. The van der Waals surface area contributed by atoms with E-state index in [1.165, 1.54) is 3.57 Å². The summed E-state index contributed by atoms with van der Waals surface area (Å²) in [6.07, 6.45) is 0. The maximum Gasteiger partial charge on any atom is 0.274 e. The van der Waals surface area contributed by atoms with Gasteiger partial charge < -0.3 is 0 Å².